The molecule has 0 saturated carbocycles. The molecule has 0 fully saturated rings. The van der Waals surface area contributed by atoms with Crippen LogP contribution in [0.5, 0.6) is 5.75 Å². The van der Waals surface area contributed by atoms with Crippen LogP contribution in [0, 0.1) is 0 Å². The van der Waals surface area contributed by atoms with E-state index in [-0.39, 0.29) is 5.97 Å². The van der Waals surface area contributed by atoms with Crippen LogP contribution in [0.15, 0.2) is 60.9 Å². The maximum Gasteiger partial charge on any atom is 0.310 e. The minimum atomic E-state index is -0.240. The summed E-state index contributed by atoms with van der Waals surface area (Å²) in [7, 11) is 0. The number of esters is 1. The van der Waals surface area contributed by atoms with Crippen LogP contribution in [0.3, 0.4) is 0 Å². The predicted molar refractivity (Wildman–Crippen MR) is 103 cm³/mol. The van der Waals surface area contributed by atoms with Crippen molar-refractivity contribution in [2.24, 2.45) is 0 Å². The summed E-state index contributed by atoms with van der Waals surface area (Å²) in [5, 5.41) is 0. The molecule has 0 unspecified atom stereocenters. The van der Waals surface area contributed by atoms with E-state index in [1.165, 1.54) is 5.56 Å². The molecule has 0 aliphatic heterocycles. The zero-order valence-electron chi connectivity index (χ0n) is 15.1. The quantitative estimate of drug-likeness (QED) is 0.461. The van der Waals surface area contributed by atoms with Gasteiger partial charge >= 0.3 is 5.97 Å². The third-order valence-corrected chi connectivity index (χ3v) is 4.11. The average molecular weight is 346 g/mol. The van der Waals surface area contributed by atoms with Crippen molar-refractivity contribution < 1.29 is 9.53 Å². The minimum absolute atomic E-state index is 0.240. The monoisotopic (exact) mass is 346 g/mol. The smallest absolute Gasteiger partial charge is 0.310 e. The Morgan fingerprint density at radius 3 is 2.04 bits per heavy atom. The number of ether oxygens (including phenoxy) is 1. The molecule has 4 heteroatoms. The highest BCUT2D eigenvalue weighted by molar-refractivity contribution is 5.72. The molecule has 132 valence electrons. The lowest BCUT2D eigenvalue weighted by atomic mass is 10.1. The molecule has 0 bridgehead atoms. The summed E-state index contributed by atoms with van der Waals surface area (Å²) in [6.07, 6.45) is 6.21. The Morgan fingerprint density at radius 2 is 1.46 bits per heavy atom. The Hall–Kier alpha value is -3.01. The van der Waals surface area contributed by atoms with Gasteiger partial charge in [0.05, 0.1) is 0 Å². The first kappa shape index (κ1) is 17.8. The molecule has 2 aromatic carbocycles. The average Bonchev–Trinajstić information content (AvgIpc) is 2.69. The van der Waals surface area contributed by atoms with Gasteiger partial charge in [-0.05, 0) is 29.7 Å². The maximum absolute atomic E-state index is 11.3. The second kappa shape index (κ2) is 8.39. The topological polar surface area (TPSA) is 52.1 Å². The molecule has 0 spiro atoms. The lowest BCUT2D eigenvalue weighted by Crippen LogP contribution is -2.05. The van der Waals surface area contributed by atoms with E-state index >= 15 is 0 Å². The number of aryl methyl sites for hydroxylation is 1. The third kappa shape index (κ3) is 4.33. The van der Waals surface area contributed by atoms with Crippen LogP contribution >= 0.6 is 0 Å². The molecule has 1 heterocycles. The van der Waals surface area contributed by atoms with E-state index in [2.05, 4.69) is 41.2 Å². The van der Waals surface area contributed by atoms with Crippen LogP contribution < -0.4 is 4.74 Å². The summed E-state index contributed by atoms with van der Waals surface area (Å²) < 4.78 is 5.19. The Bertz CT molecular complexity index is 854. The highest BCUT2D eigenvalue weighted by Crippen LogP contribution is 2.23. The largest absolute Gasteiger partial charge is 0.427 e. The van der Waals surface area contributed by atoms with Crippen molar-refractivity contribution in [1.82, 2.24) is 9.97 Å². The van der Waals surface area contributed by atoms with Crippen LogP contribution in [0.1, 0.15) is 32.3 Å². The first-order valence-electron chi connectivity index (χ1n) is 8.92. The molecule has 26 heavy (non-hydrogen) atoms. The van der Waals surface area contributed by atoms with Gasteiger partial charge in [-0.2, -0.15) is 0 Å². The molecule has 0 radical (unpaired) electrons. The van der Waals surface area contributed by atoms with Gasteiger partial charge in [0.15, 0.2) is 5.82 Å². The van der Waals surface area contributed by atoms with Gasteiger partial charge in [0.25, 0.3) is 0 Å². The van der Waals surface area contributed by atoms with E-state index in [9.17, 15) is 4.79 Å². The second-order valence-electron chi connectivity index (χ2n) is 6.09. The van der Waals surface area contributed by atoms with Crippen molar-refractivity contribution in [3.05, 3.63) is 66.5 Å². The van der Waals surface area contributed by atoms with E-state index < -0.39 is 0 Å². The van der Waals surface area contributed by atoms with Crippen LogP contribution in [0.2, 0.25) is 0 Å². The highest BCUT2D eigenvalue weighted by Gasteiger charge is 2.05. The second-order valence-corrected chi connectivity index (χ2v) is 6.09. The van der Waals surface area contributed by atoms with Gasteiger partial charge in [-0.15, -0.1) is 0 Å². The maximum atomic E-state index is 11.3. The summed E-state index contributed by atoms with van der Waals surface area (Å²) in [5.74, 6) is 1.02. The van der Waals surface area contributed by atoms with E-state index in [4.69, 9.17) is 4.74 Å². The number of carbonyl (C=O) groups is 1. The molecule has 0 aliphatic rings. The lowest BCUT2D eigenvalue weighted by molar-refractivity contribution is -0.134. The number of nitrogens with zero attached hydrogens (tertiary/aromatic N) is 2. The summed E-state index contributed by atoms with van der Waals surface area (Å²) in [4.78, 5) is 20.3. The molecular formula is C22H22N2O2. The van der Waals surface area contributed by atoms with Gasteiger partial charge in [-0.1, -0.05) is 56.7 Å². The number of rotatable bonds is 6. The number of benzene rings is 2. The normalized spacial score (nSPS) is 10.5. The summed E-state index contributed by atoms with van der Waals surface area (Å²) in [6, 6.07) is 15.8. The standard InChI is InChI=1S/C22H22N2O2/c1-3-5-16-6-8-18(9-7-16)22-23-14-19(15-24-22)17-10-12-20(13-11-17)26-21(25)4-2/h6-15H,3-5H2,1-2H3. The fourth-order valence-electron chi connectivity index (χ4n) is 2.65. The number of hydrogen-bond donors (Lipinski definition) is 0. The van der Waals surface area contributed by atoms with E-state index in [1.807, 2.05) is 24.5 Å². The fourth-order valence-corrected chi connectivity index (χ4v) is 2.65. The molecule has 1 aromatic heterocycles. The van der Waals surface area contributed by atoms with Gasteiger partial charge < -0.3 is 4.74 Å². The molecule has 0 aliphatic carbocycles. The fraction of sp³-hybridized carbons (Fsp3) is 0.227. The van der Waals surface area contributed by atoms with Crippen LogP contribution in [0.4, 0.5) is 0 Å². The molecule has 3 aromatic rings. The molecule has 0 N–H and O–H groups in total. The van der Waals surface area contributed by atoms with Gasteiger partial charge in [-0.25, -0.2) is 9.97 Å². The Labute approximate surface area is 153 Å². The zero-order valence-corrected chi connectivity index (χ0v) is 15.1. The highest BCUT2D eigenvalue weighted by atomic mass is 16.5. The number of hydrogen-bond acceptors (Lipinski definition) is 4. The van der Waals surface area contributed by atoms with Gasteiger partial charge in [0.2, 0.25) is 0 Å². The number of aromatic nitrogens is 2. The van der Waals surface area contributed by atoms with Crippen LogP contribution in [-0.2, 0) is 11.2 Å². The Kier molecular flexibility index (Phi) is 5.74. The van der Waals surface area contributed by atoms with Gasteiger partial charge in [-0.3, -0.25) is 4.79 Å². The molecular weight excluding hydrogens is 324 g/mol. The predicted octanol–water partition coefficient (Wildman–Crippen LogP) is 5.08. The van der Waals surface area contributed by atoms with E-state index in [1.54, 1.807) is 19.1 Å². The lowest BCUT2D eigenvalue weighted by Gasteiger charge is -2.06. The SMILES string of the molecule is CCCc1ccc(-c2ncc(-c3ccc(OC(=O)CC)cc3)cn2)cc1. The van der Waals surface area contributed by atoms with Crippen molar-refractivity contribution in [3.63, 3.8) is 0 Å². The summed E-state index contributed by atoms with van der Waals surface area (Å²) >= 11 is 0. The first-order chi connectivity index (χ1) is 12.7. The molecule has 0 atom stereocenters. The first-order valence-corrected chi connectivity index (χ1v) is 8.92. The van der Waals surface area contributed by atoms with Crippen molar-refractivity contribution in [2.45, 2.75) is 33.1 Å². The van der Waals surface area contributed by atoms with Gasteiger partial charge in [0, 0.05) is 29.9 Å². The van der Waals surface area contributed by atoms with Gasteiger partial charge in [0.1, 0.15) is 5.75 Å². The van der Waals surface area contributed by atoms with E-state index in [0.29, 0.717) is 18.0 Å². The van der Waals surface area contributed by atoms with Crippen LogP contribution in [0.25, 0.3) is 22.5 Å². The zero-order chi connectivity index (χ0) is 18.4. The Morgan fingerprint density at radius 1 is 0.846 bits per heavy atom. The molecule has 3 rings (SSSR count). The summed E-state index contributed by atoms with van der Waals surface area (Å²) in [6.45, 7) is 3.95. The van der Waals surface area contributed by atoms with Crippen LogP contribution in [-0.4, -0.2) is 15.9 Å². The summed E-state index contributed by atoms with van der Waals surface area (Å²) in [5.41, 5.74) is 4.24. The molecule has 4 nitrogen and oxygen atoms in total. The van der Waals surface area contributed by atoms with E-state index in [0.717, 1.165) is 29.5 Å². The third-order valence-electron chi connectivity index (χ3n) is 4.11. The number of carbonyl (C=O) groups excluding carboxylic acids is 1. The minimum Gasteiger partial charge on any atom is -0.427 e. The Balaban J connectivity index is 1.73. The molecule has 0 saturated heterocycles. The van der Waals surface area contributed by atoms with Crippen molar-refractivity contribution in [2.75, 3.05) is 0 Å². The van der Waals surface area contributed by atoms with Crippen molar-refractivity contribution >= 4 is 5.97 Å². The van der Waals surface area contributed by atoms with Crippen molar-refractivity contribution in [3.8, 4) is 28.3 Å². The molecule has 0 amide bonds. The van der Waals surface area contributed by atoms with Crippen molar-refractivity contribution in [1.29, 1.82) is 0 Å².